The van der Waals surface area contributed by atoms with E-state index in [-0.39, 0.29) is 17.3 Å². The van der Waals surface area contributed by atoms with Crippen LogP contribution >= 0.6 is 0 Å². The van der Waals surface area contributed by atoms with E-state index in [0.717, 1.165) is 18.0 Å². The van der Waals surface area contributed by atoms with E-state index in [1.807, 2.05) is 13.0 Å². The first kappa shape index (κ1) is 27.6. The number of carbonyl (C=O) groups excluding carboxylic acids is 2. The predicted octanol–water partition coefficient (Wildman–Crippen LogP) is 7.16. The molecule has 1 aromatic rings. The van der Waals surface area contributed by atoms with Crippen LogP contribution in [-0.2, 0) is 9.53 Å². The number of ether oxygens (including phenoxy) is 2. The van der Waals surface area contributed by atoms with Crippen molar-refractivity contribution in [2.75, 3.05) is 19.0 Å². The summed E-state index contributed by atoms with van der Waals surface area (Å²) in [7, 11) is 0.238. The van der Waals surface area contributed by atoms with Gasteiger partial charge in [0.05, 0.1) is 25.0 Å². The molecule has 1 N–H and O–H groups in total. The van der Waals surface area contributed by atoms with E-state index < -0.39 is 8.07 Å². The highest BCUT2D eigenvalue weighted by Crippen LogP contribution is 2.40. The first-order valence-electron chi connectivity index (χ1n) is 12.1. The molecule has 34 heavy (non-hydrogen) atoms. The molecule has 0 heterocycles. The number of amides is 1. The van der Waals surface area contributed by atoms with Gasteiger partial charge in [0, 0.05) is 14.1 Å². The van der Waals surface area contributed by atoms with Crippen molar-refractivity contribution in [2.24, 2.45) is 5.41 Å². The molecule has 0 aromatic heterocycles. The third kappa shape index (κ3) is 8.31. The topological polar surface area (TPSA) is 64.6 Å². The number of hydrogen-bond acceptors (Lipinski definition) is 4. The van der Waals surface area contributed by atoms with Crippen LogP contribution < -0.4 is 10.1 Å². The molecule has 0 atom stereocenters. The van der Waals surface area contributed by atoms with Gasteiger partial charge < -0.3 is 14.8 Å². The molecule has 0 fully saturated rings. The molecule has 1 aliphatic rings. The van der Waals surface area contributed by atoms with E-state index >= 15 is 0 Å². The van der Waals surface area contributed by atoms with Crippen LogP contribution in [0.1, 0.15) is 57.3 Å². The van der Waals surface area contributed by atoms with Crippen molar-refractivity contribution >= 4 is 25.6 Å². The third-order valence-corrected chi connectivity index (χ3v) is 7.90. The van der Waals surface area contributed by atoms with Crippen LogP contribution in [0.15, 0.2) is 53.1 Å². The van der Waals surface area contributed by atoms with Crippen molar-refractivity contribution in [3.8, 4) is 5.75 Å². The Morgan fingerprint density at radius 2 is 1.91 bits per heavy atom. The SMILES string of the molecule is COc1cc(C(=O)OCC[Si](C)(C)C)ccc1NC(=O)/C=C(C)/C=C/C1=C(C)CCCC1(C)C. The molecule has 0 saturated carbocycles. The van der Waals surface area contributed by atoms with Gasteiger partial charge in [-0.05, 0) is 73.9 Å². The van der Waals surface area contributed by atoms with Crippen LogP contribution in [-0.4, -0.2) is 33.7 Å². The van der Waals surface area contributed by atoms with Gasteiger partial charge in [-0.3, -0.25) is 4.79 Å². The summed E-state index contributed by atoms with van der Waals surface area (Å²) in [5, 5.41) is 2.85. The lowest BCUT2D eigenvalue weighted by atomic mass is 9.72. The molecule has 1 amide bonds. The maximum absolute atomic E-state index is 12.6. The molecule has 6 heteroatoms. The molecule has 0 unspecified atom stereocenters. The standard InChI is InChI=1S/C28H41NO4Si/c1-20(11-13-23-21(2)10-9-15-28(23,3)4)18-26(30)29-24-14-12-22(19-25(24)32-5)27(31)33-16-17-34(6,7)8/h11-14,18-19H,9-10,15-17H2,1-8H3,(H,29,30)/b13-11+,20-18+. The molecule has 0 aliphatic heterocycles. The highest BCUT2D eigenvalue weighted by Gasteiger charge is 2.26. The number of benzene rings is 1. The van der Waals surface area contributed by atoms with Gasteiger partial charge in [-0.15, -0.1) is 0 Å². The Morgan fingerprint density at radius 1 is 1.21 bits per heavy atom. The normalized spacial score (nSPS) is 16.5. The van der Waals surface area contributed by atoms with Gasteiger partial charge in [0.25, 0.3) is 0 Å². The highest BCUT2D eigenvalue weighted by molar-refractivity contribution is 6.76. The van der Waals surface area contributed by atoms with Crippen molar-refractivity contribution in [3.63, 3.8) is 0 Å². The van der Waals surface area contributed by atoms with Crippen LogP contribution in [0.2, 0.25) is 25.7 Å². The smallest absolute Gasteiger partial charge is 0.338 e. The van der Waals surface area contributed by atoms with E-state index in [2.05, 4.69) is 51.8 Å². The Bertz CT molecular complexity index is 996. The van der Waals surface area contributed by atoms with Gasteiger partial charge in [0.2, 0.25) is 5.91 Å². The summed E-state index contributed by atoms with van der Waals surface area (Å²) in [4.78, 5) is 25.0. The fraction of sp³-hybridized carbons (Fsp3) is 0.500. The lowest BCUT2D eigenvalue weighted by Gasteiger charge is -2.32. The molecular weight excluding hydrogens is 442 g/mol. The molecule has 0 spiro atoms. The van der Waals surface area contributed by atoms with E-state index in [9.17, 15) is 9.59 Å². The number of anilines is 1. The Balaban J connectivity index is 2.06. The second-order valence-corrected chi connectivity index (χ2v) is 16.6. The Labute approximate surface area is 206 Å². The van der Waals surface area contributed by atoms with Crippen molar-refractivity contribution in [1.82, 2.24) is 0 Å². The Hall–Kier alpha value is -2.60. The quantitative estimate of drug-likeness (QED) is 0.175. The van der Waals surface area contributed by atoms with Gasteiger partial charge in [-0.25, -0.2) is 4.79 Å². The minimum atomic E-state index is -1.27. The predicted molar refractivity (Wildman–Crippen MR) is 143 cm³/mol. The Morgan fingerprint density at radius 3 is 2.53 bits per heavy atom. The summed E-state index contributed by atoms with van der Waals surface area (Å²) in [6, 6.07) is 5.83. The Kier molecular flexibility index (Phi) is 9.51. The zero-order valence-corrected chi connectivity index (χ0v) is 23.1. The molecular formula is C28H41NO4Si. The fourth-order valence-corrected chi connectivity index (χ4v) is 4.82. The van der Waals surface area contributed by atoms with Crippen LogP contribution in [0.4, 0.5) is 5.69 Å². The molecule has 186 valence electrons. The zero-order chi connectivity index (χ0) is 25.5. The molecule has 1 aliphatic carbocycles. The maximum atomic E-state index is 12.6. The van der Waals surface area contributed by atoms with Crippen molar-refractivity contribution < 1.29 is 19.1 Å². The molecule has 1 aromatic carbocycles. The van der Waals surface area contributed by atoms with Crippen molar-refractivity contribution in [1.29, 1.82) is 0 Å². The van der Waals surface area contributed by atoms with E-state index in [4.69, 9.17) is 9.47 Å². The summed E-state index contributed by atoms with van der Waals surface area (Å²) in [5.74, 6) is -0.218. The minimum Gasteiger partial charge on any atom is -0.495 e. The number of carbonyl (C=O) groups is 2. The lowest BCUT2D eigenvalue weighted by Crippen LogP contribution is -2.22. The molecule has 2 rings (SSSR count). The average Bonchev–Trinajstić information content (AvgIpc) is 2.72. The number of methoxy groups -OCH3 is 1. The van der Waals surface area contributed by atoms with Crippen LogP contribution in [0, 0.1) is 5.41 Å². The van der Waals surface area contributed by atoms with E-state index in [0.29, 0.717) is 23.6 Å². The van der Waals surface area contributed by atoms with Gasteiger partial charge in [-0.2, -0.15) is 0 Å². The molecule has 0 radical (unpaired) electrons. The number of rotatable bonds is 9. The van der Waals surface area contributed by atoms with Gasteiger partial charge in [0.1, 0.15) is 5.75 Å². The zero-order valence-electron chi connectivity index (χ0n) is 22.1. The monoisotopic (exact) mass is 483 g/mol. The fourth-order valence-electron chi connectivity index (χ4n) is 4.10. The van der Waals surface area contributed by atoms with E-state index in [1.165, 1.54) is 31.1 Å². The van der Waals surface area contributed by atoms with Crippen LogP contribution in [0.25, 0.3) is 0 Å². The lowest BCUT2D eigenvalue weighted by molar-refractivity contribution is -0.112. The molecule has 0 bridgehead atoms. The number of nitrogens with one attached hydrogen (secondary N) is 1. The average molecular weight is 484 g/mol. The van der Waals surface area contributed by atoms with Gasteiger partial charge in [-0.1, -0.05) is 51.2 Å². The second kappa shape index (κ2) is 11.7. The summed E-state index contributed by atoms with van der Waals surface area (Å²) in [6.07, 6.45) is 9.26. The summed E-state index contributed by atoms with van der Waals surface area (Å²) in [6.45, 7) is 15.8. The first-order valence-corrected chi connectivity index (χ1v) is 15.8. The number of hydrogen-bond donors (Lipinski definition) is 1. The molecule has 5 nitrogen and oxygen atoms in total. The van der Waals surface area contributed by atoms with Gasteiger partial charge in [0.15, 0.2) is 0 Å². The third-order valence-electron chi connectivity index (χ3n) is 6.19. The number of allylic oxidation sites excluding steroid dienone is 5. The first-order chi connectivity index (χ1) is 15.8. The van der Waals surface area contributed by atoms with Crippen LogP contribution in [0.5, 0.6) is 5.75 Å². The summed E-state index contributed by atoms with van der Waals surface area (Å²) in [5.41, 5.74) is 4.71. The van der Waals surface area contributed by atoms with E-state index in [1.54, 1.807) is 24.3 Å². The van der Waals surface area contributed by atoms with Crippen LogP contribution in [0.3, 0.4) is 0 Å². The summed E-state index contributed by atoms with van der Waals surface area (Å²) >= 11 is 0. The molecule has 0 saturated heterocycles. The van der Waals surface area contributed by atoms with Crippen molar-refractivity contribution in [3.05, 3.63) is 58.7 Å². The number of esters is 1. The highest BCUT2D eigenvalue weighted by atomic mass is 28.3. The minimum absolute atomic E-state index is 0.159. The second-order valence-electron chi connectivity index (χ2n) is 11.0. The van der Waals surface area contributed by atoms with Crippen molar-refractivity contribution in [2.45, 2.75) is 72.6 Å². The maximum Gasteiger partial charge on any atom is 0.338 e. The largest absolute Gasteiger partial charge is 0.495 e. The summed E-state index contributed by atoms with van der Waals surface area (Å²) < 4.78 is 10.8. The van der Waals surface area contributed by atoms with Gasteiger partial charge >= 0.3 is 5.97 Å².